The Labute approximate surface area is 173 Å². The van der Waals surface area contributed by atoms with Crippen molar-refractivity contribution < 1.29 is 14.9 Å². The Morgan fingerprint density at radius 1 is 1.17 bits per heavy atom. The van der Waals surface area contributed by atoms with E-state index in [4.69, 9.17) is 21.9 Å². The predicted molar refractivity (Wildman–Crippen MR) is 113 cm³/mol. The van der Waals surface area contributed by atoms with Crippen LogP contribution in [-0.4, -0.2) is 66.9 Å². The predicted octanol–water partition coefficient (Wildman–Crippen LogP) is 0.123. The molecule has 1 aliphatic rings. The quantitative estimate of drug-likeness (QED) is 0.331. The lowest BCUT2D eigenvalue weighted by molar-refractivity contribution is -0.0288. The van der Waals surface area contributed by atoms with Gasteiger partial charge in [0.25, 0.3) is 0 Å². The van der Waals surface area contributed by atoms with Crippen molar-refractivity contribution in [1.82, 2.24) is 19.5 Å². The van der Waals surface area contributed by atoms with Gasteiger partial charge in [-0.3, -0.25) is 4.57 Å². The van der Waals surface area contributed by atoms with Crippen molar-refractivity contribution in [2.24, 2.45) is 11.5 Å². The molecule has 0 bridgehead atoms. The molecule has 0 spiro atoms. The number of rotatable bonds is 10. The van der Waals surface area contributed by atoms with Crippen molar-refractivity contribution in [2.75, 3.05) is 24.6 Å². The minimum absolute atomic E-state index is 0.250. The summed E-state index contributed by atoms with van der Waals surface area (Å²) in [5.74, 6) is 0.751. The molecular weight excluding hydrogens is 394 g/mol. The molecule has 0 aliphatic carbocycles. The number of aromatic nitrogens is 4. The van der Waals surface area contributed by atoms with E-state index < -0.39 is 24.5 Å². The molecule has 160 valence electrons. The molecule has 11 heteroatoms. The minimum Gasteiger partial charge on any atom is -0.387 e. The molecule has 1 saturated heterocycles. The second-order valence-corrected chi connectivity index (χ2v) is 8.09. The molecule has 0 radical (unpaired) electrons. The second-order valence-electron chi connectivity index (χ2n) is 6.95. The zero-order valence-corrected chi connectivity index (χ0v) is 17.0. The first kappa shape index (κ1) is 21.9. The summed E-state index contributed by atoms with van der Waals surface area (Å²) < 4.78 is 7.55. The third kappa shape index (κ3) is 5.05. The van der Waals surface area contributed by atoms with Gasteiger partial charge in [-0.05, 0) is 30.7 Å². The topological polar surface area (TPSA) is 171 Å². The molecule has 0 amide bonds. The maximum Gasteiger partial charge on any atom is 0.167 e. The molecule has 2 aromatic rings. The van der Waals surface area contributed by atoms with Gasteiger partial charge < -0.3 is 32.2 Å². The number of aliphatic hydroxyl groups is 2. The fourth-order valence-electron chi connectivity index (χ4n) is 3.33. The number of hydrogen-bond acceptors (Lipinski definition) is 10. The molecule has 1 aliphatic heterocycles. The van der Waals surface area contributed by atoms with Crippen LogP contribution in [0.3, 0.4) is 0 Å². The number of hydrogen-bond donors (Lipinski definition) is 5. The SMILES string of the molecule is NC/C=C(\CCCCCN)SC[C@@H]1O[C@@H](n2cnc3c(N)ncnc32)[C@H](O)[C@H]1O. The number of thioether (sulfide) groups is 1. The van der Waals surface area contributed by atoms with Gasteiger partial charge in [-0.15, -0.1) is 11.8 Å². The van der Waals surface area contributed by atoms with Crippen LogP contribution in [-0.2, 0) is 4.74 Å². The number of aliphatic hydroxyl groups excluding tert-OH is 2. The summed E-state index contributed by atoms with van der Waals surface area (Å²) in [7, 11) is 0. The summed E-state index contributed by atoms with van der Waals surface area (Å²) in [6.07, 6.45) is 5.36. The number of nitrogen functional groups attached to an aromatic ring is 1. The number of nitrogens with two attached hydrogens (primary N) is 3. The van der Waals surface area contributed by atoms with Crippen LogP contribution < -0.4 is 17.2 Å². The van der Waals surface area contributed by atoms with Gasteiger partial charge in [-0.25, -0.2) is 15.0 Å². The highest BCUT2D eigenvalue weighted by atomic mass is 32.2. The number of ether oxygens (including phenoxy) is 1. The number of nitrogens with zero attached hydrogens (tertiary/aromatic N) is 4. The van der Waals surface area contributed by atoms with E-state index >= 15 is 0 Å². The van der Waals surface area contributed by atoms with E-state index in [1.165, 1.54) is 12.7 Å². The number of anilines is 1. The fourth-order valence-corrected chi connectivity index (χ4v) is 4.48. The Morgan fingerprint density at radius 3 is 2.76 bits per heavy atom. The lowest BCUT2D eigenvalue weighted by atomic mass is 10.1. The molecule has 29 heavy (non-hydrogen) atoms. The molecule has 0 saturated carbocycles. The summed E-state index contributed by atoms with van der Waals surface area (Å²) >= 11 is 1.60. The van der Waals surface area contributed by atoms with Gasteiger partial charge in [0.2, 0.25) is 0 Å². The molecule has 10 nitrogen and oxygen atoms in total. The third-order valence-corrected chi connectivity index (χ3v) is 6.14. The minimum atomic E-state index is -1.11. The van der Waals surface area contributed by atoms with Crippen molar-refractivity contribution in [3.05, 3.63) is 23.6 Å². The molecule has 3 heterocycles. The van der Waals surface area contributed by atoms with Crippen LogP contribution in [0, 0.1) is 0 Å². The first-order valence-corrected chi connectivity index (χ1v) is 10.7. The van der Waals surface area contributed by atoms with E-state index in [1.807, 2.05) is 6.08 Å². The zero-order chi connectivity index (χ0) is 20.8. The van der Waals surface area contributed by atoms with E-state index in [1.54, 1.807) is 16.3 Å². The van der Waals surface area contributed by atoms with E-state index in [2.05, 4.69) is 15.0 Å². The summed E-state index contributed by atoms with van der Waals surface area (Å²) in [6, 6.07) is 0. The van der Waals surface area contributed by atoms with Gasteiger partial charge in [0, 0.05) is 12.3 Å². The lowest BCUT2D eigenvalue weighted by Gasteiger charge is -2.16. The highest BCUT2D eigenvalue weighted by Gasteiger charge is 2.44. The van der Waals surface area contributed by atoms with Crippen molar-refractivity contribution in [3.8, 4) is 0 Å². The van der Waals surface area contributed by atoms with E-state index in [9.17, 15) is 10.2 Å². The summed E-state index contributed by atoms with van der Waals surface area (Å²) in [6.45, 7) is 1.16. The van der Waals surface area contributed by atoms with Gasteiger partial charge in [-0.1, -0.05) is 12.5 Å². The molecule has 2 aromatic heterocycles. The first-order chi connectivity index (χ1) is 14.1. The lowest BCUT2D eigenvalue weighted by Crippen LogP contribution is -2.32. The number of allylic oxidation sites excluding steroid dienone is 1. The largest absolute Gasteiger partial charge is 0.387 e. The molecular formula is C18H29N7O3S. The standard InChI is InChI=1S/C18H29N7O3S/c19-6-3-1-2-4-11(5-7-20)29-8-12-14(26)15(27)18(28-12)25-10-24-13-16(21)22-9-23-17(13)25/h5,9-10,12,14-15,18,26-27H,1-4,6-8,19-20H2,(H2,21,22,23)/b11-5+/t12-,14-,15+,18+/m0/s1. The monoisotopic (exact) mass is 423 g/mol. The van der Waals surface area contributed by atoms with Crippen LogP contribution >= 0.6 is 11.8 Å². The van der Waals surface area contributed by atoms with Crippen LogP contribution in [0.2, 0.25) is 0 Å². The summed E-state index contributed by atoms with van der Waals surface area (Å²) in [5, 5.41) is 21.0. The Balaban J connectivity index is 1.64. The number of unbranched alkanes of at least 4 members (excludes halogenated alkanes) is 2. The normalized spacial score (nSPS) is 25.2. The Hall–Kier alpha value is -1.76. The first-order valence-electron chi connectivity index (χ1n) is 9.73. The number of imidazole rings is 1. The molecule has 0 aromatic carbocycles. The molecule has 4 atom stereocenters. The van der Waals surface area contributed by atoms with Crippen LogP contribution in [0.4, 0.5) is 5.82 Å². The number of fused-ring (bicyclic) bond motifs is 1. The zero-order valence-electron chi connectivity index (χ0n) is 16.2. The van der Waals surface area contributed by atoms with Gasteiger partial charge in [0.05, 0.1) is 12.4 Å². The van der Waals surface area contributed by atoms with Gasteiger partial charge in [0.1, 0.15) is 24.1 Å². The van der Waals surface area contributed by atoms with Gasteiger partial charge >= 0.3 is 0 Å². The Morgan fingerprint density at radius 2 is 2.00 bits per heavy atom. The van der Waals surface area contributed by atoms with Gasteiger partial charge in [0.15, 0.2) is 17.7 Å². The smallest absolute Gasteiger partial charge is 0.167 e. The molecule has 0 unspecified atom stereocenters. The average Bonchev–Trinajstić information content (AvgIpc) is 3.26. The maximum absolute atomic E-state index is 10.5. The molecule has 8 N–H and O–H groups in total. The maximum atomic E-state index is 10.5. The van der Waals surface area contributed by atoms with Crippen molar-refractivity contribution in [3.63, 3.8) is 0 Å². The van der Waals surface area contributed by atoms with Crippen LogP contribution in [0.25, 0.3) is 11.2 Å². The average molecular weight is 424 g/mol. The highest BCUT2D eigenvalue weighted by Crippen LogP contribution is 2.35. The van der Waals surface area contributed by atoms with E-state index in [-0.39, 0.29) is 5.82 Å². The highest BCUT2D eigenvalue weighted by molar-refractivity contribution is 8.03. The Kier molecular flexibility index (Phi) is 7.81. The molecule has 1 fully saturated rings. The second kappa shape index (κ2) is 10.3. The van der Waals surface area contributed by atoms with Crippen molar-refractivity contribution >= 4 is 28.7 Å². The molecule has 3 rings (SSSR count). The summed E-state index contributed by atoms with van der Waals surface area (Å²) in [4.78, 5) is 13.4. The fraction of sp³-hybridized carbons (Fsp3) is 0.611. The van der Waals surface area contributed by atoms with Crippen molar-refractivity contribution in [2.45, 2.75) is 50.2 Å². The summed E-state index contributed by atoms with van der Waals surface area (Å²) in [5.41, 5.74) is 17.9. The Bertz CT molecular complexity index is 831. The third-order valence-electron chi connectivity index (χ3n) is 4.90. The van der Waals surface area contributed by atoms with Crippen LogP contribution in [0.15, 0.2) is 23.6 Å². The van der Waals surface area contributed by atoms with Crippen LogP contribution in [0.5, 0.6) is 0 Å². The van der Waals surface area contributed by atoms with Crippen molar-refractivity contribution in [1.29, 1.82) is 0 Å². The van der Waals surface area contributed by atoms with Gasteiger partial charge in [-0.2, -0.15) is 0 Å². The van der Waals surface area contributed by atoms with Crippen LogP contribution in [0.1, 0.15) is 31.9 Å². The van der Waals surface area contributed by atoms with E-state index in [0.29, 0.717) is 30.0 Å². The van der Waals surface area contributed by atoms with E-state index in [0.717, 1.165) is 30.6 Å².